The Kier molecular flexibility index (Phi) is 2.91. The lowest BCUT2D eigenvalue weighted by molar-refractivity contribution is 0.748. The molecule has 0 radical (unpaired) electrons. The van der Waals surface area contributed by atoms with Crippen LogP contribution in [0, 0.1) is 0 Å². The minimum absolute atomic E-state index is 0.375. The molecule has 2 nitrogen and oxygen atoms in total. The highest BCUT2D eigenvalue weighted by Crippen LogP contribution is 2.42. The number of hydrogen-bond donors (Lipinski definition) is 0. The lowest BCUT2D eigenvalue weighted by atomic mass is 9.94. The predicted molar refractivity (Wildman–Crippen MR) is 91.9 cm³/mol. The number of halogens is 1. The Morgan fingerprint density at radius 1 is 1.05 bits per heavy atom. The van der Waals surface area contributed by atoms with Gasteiger partial charge >= 0.3 is 0 Å². The summed E-state index contributed by atoms with van der Waals surface area (Å²) in [5.74, 6) is 0. The zero-order chi connectivity index (χ0) is 15.3. The summed E-state index contributed by atoms with van der Waals surface area (Å²) in [6.07, 6.45) is 3.76. The van der Waals surface area contributed by atoms with Gasteiger partial charge in [0.25, 0.3) is 0 Å². The molecule has 0 saturated heterocycles. The third kappa shape index (κ3) is 1.77. The van der Waals surface area contributed by atoms with E-state index in [4.69, 9.17) is 0 Å². The molecule has 0 aliphatic heterocycles. The summed E-state index contributed by atoms with van der Waals surface area (Å²) < 4.78 is 15.0. The number of para-hydroxylation sites is 1. The highest BCUT2D eigenvalue weighted by atomic mass is 32.2. The number of hydrogen-bond acceptors (Lipinski definition) is 2. The molecule has 0 fully saturated rings. The number of benzene rings is 2. The van der Waals surface area contributed by atoms with Crippen LogP contribution in [-0.2, 0) is 4.75 Å². The molecule has 0 unspecified atom stereocenters. The zero-order valence-corrected chi connectivity index (χ0v) is 13.2. The summed E-state index contributed by atoms with van der Waals surface area (Å²) in [7, 11) is 0. The topological polar surface area (TPSA) is 17.3 Å². The highest BCUT2D eigenvalue weighted by Gasteiger charge is 2.26. The molecule has 0 spiro atoms. The zero-order valence-electron chi connectivity index (χ0n) is 12.4. The van der Waals surface area contributed by atoms with Crippen LogP contribution in [0.5, 0.6) is 0 Å². The Labute approximate surface area is 132 Å². The van der Waals surface area contributed by atoms with Crippen LogP contribution in [0.1, 0.15) is 19.4 Å². The molecule has 110 valence electrons. The van der Waals surface area contributed by atoms with E-state index in [1.807, 2.05) is 44.3 Å². The van der Waals surface area contributed by atoms with E-state index in [1.54, 1.807) is 6.20 Å². The first kappa shape index (κ1) is 13.6. The van der Waals surface area contributed by atoms with E-state index in [0.717, 1.165) is 32.9 Å². The summed E-state index contributed by atoms with van der Waals surface area (Å²) in [5.41, 5.74) is 2.97. The third-order valence-corrected chi connectivity index (χ3v) is 4.83. The number of nitrogens with zero attached hydrogens (tertiary/aromatic N) is 2. The van der Waals surface area contributed by atoms with Crippen molar-refractivity contribution in [3.8, 4) is 0 Å². The van der Waals surface area contributed by atoms with Gasteiger partial charge in [0, 0.05) is 23.2 Å². The van der Waals surface area contributed by atoms with Crippen LogP contribution in [0.4, 0.5) is 3.89 Å². The molecule has 4 rings (SSSR count). The molecule has 22 heavy (non-hydrogen) atoms. The van der Waals surface area contributed by atoms with Crippen LogP contribution < -0.4 is 0 Å². The van der Waals surface area contributed by atoms with Crippen molar-refractivity contribution in [1.82, 2.24) is 9.38 Å². The SMILES string of the molecule is CC(C)(SF)c1cccc2c3ccccc3n3ccnc3c12. The molecule has 0 aliphatic carbocycles. The molecule has 4 heteroatoms. The summed E-state index contributed by atoms with van der Waals surface area (Å²) in [4.78, 5) is 4.54. The monoisotopic (exact) mass is 310 g/mol. The fraction of sp³-hybridized carbons (Fsp3) is 0.167. The van der Waals surface area contributed by atoms with Gasteiger partial charge in [0.15, 0.2) is 0 Å². The Balaban J connectivity index is 2.32. The van der Waals surface area contributed by atoms with Crippen molar-refractivity contribution >= 4 is 39.5 Å². The lowest BCUT2D eigenvalue weighted by Crippen LogP contribution is -2.11. The molecule has 0 bridgehead atoms. The van der Waals surface area contributed by atoms with Crippen molar-refractivity contribution in [1.29, 1.82) is 0 Å². The third-order valence-electron chi connectivity index (χ3n) is 4.22. The maximum atomic E-state index is 13.5. The first-order valence-electron chi connectivity index (χ1n) is 7.20. The second-order valence-corrected chi connectivity index (χ2v) is 7.13. The van der Waals surface area contributed by atoms with Crippen LogP contribution >= 0.6 is 12.1 Å². The molecule has 0 saturated carbocycles. The number of fused-ring (bicyclic) bond motifs is 6. The fourth-order valence-corrected chi connectivity index (χ4v) is 3.41. The average molecular weight is 310 g/mol. The van der Waals surface area contributed by atoms with E-state index < -0.39 is 4.75 Å². The van der Waals surface area contributed by atoms with E-state index in [-0.39, 0.29) is 0 Å². The number of pyridine rings is 1. The molecule has 4 aromatic rings. The van der Waals surface area contributed by atoms with E-state index in [2.05, 4.69) is 27.6 Å². The molecule has 2 aromatic carbocycles. The predicted octanol–water partition coefficient (Wildman–Crippen LogP) is 5.49. The smallest absolute Gasteiger partial charge is 0.145 e. The van der Waals surface area contributed by atoms with Crippen LogP contribution in [0.2, 0.25) is 0 Å². The van der Waals surface area contributed by atoms with E-state index in [0.29, 0.717) is 12.1 Å². The summed E-state index contributed by atoms with van der Waals surface area (Å²) in [5, 5.41) is 3.31. The lowest BCUT2D eigenvalue weighted by Gasteiger charge is -2.22. The van der Waals surface area contributed by atoms with E-state index in [9.17, 15) is 3.89 Å². The second kappa shape index (κ2) is 4.71. The minimum Gasteiger partial charge on any atom is -0.299 e. The van der Waals surface area contributed by atoms with Gasteiger partial charge in [0.2, 0.25) is 0 Å². The fourth-order valence-electron chi connectivity index (χ4n) is 3.16. The Hall–Kier alpha value is -2.07. The van der Waals surface area contributed by atoms with Crippen LogP contribution in [-0.4, -0.2) is 9.38 Å². The van der Waals surface area contributed by atoms with Crippen molar-refractivity contribution in [3.05, 3.63) is 60.4 Å². The van der Waals surface area contributed by atoms with Gasteiger partial charge in [-0.05, 0) is 30.9 Å². The van der Waals surface area contributed by atoms with Gasteiger partial charge in [-0.15, -0.1) is 0 Å². The molecule has 2 heterocycles. The van der Waals surface area contributed by atoms with Crippen molar-refractivity contribution in [3.63, 3.8) is 0 Å². The van der Waals surface area contributed by atoms with Gasteiger partial charge in [-0.3, -0.25) is 4.40 Å². The first-order chi connectivity index (χ1) is 10.6. The average Bonchev–Trinajstić information content (AvgIpc) is 3.04. The largest absolute Gasteiger partial charge is 0.299 e. The van der Waals surface area contributed by atoms with Gasteiger partial charge in [0.1, 0.15) is 5.65 Å². The van der Waals surface area contributed by atoms with Gasteiger partial charge < -0.3 is 0 Å². The van der Waals surface area contributed by atoms with Gasteiger partial charge in [-0.2, -0.15) is 3.89 Å². The highest BCUT2D eigenvalue weighted by molar-refractivity contribution is 7.95. The quantitative estimate of drug-likeness (QED) is 0.455. The van der Waals surface area contributed by atoms with Gasteiger partial charge in [0.05, 0.1) is 22.4 Å². The normalized spacial score (nSPS) is 12.5. The van der Waals surface area contributed by atoms with Crippen LogP contribution in [0.3, 0.4) is 0 Å². The minimum atomic E-state index is -0.617. The molecule has 0 atom stereocenters. The number of rotatable bonds is 2. The van der Waals surface area contributed by atoms with Crippen molar-refractivity contribution in [2.75, 3.05) is 0 Å². The van der Waals surface area contributed by atoms with Crippen molar-refractivity contribution < 1.29 is 3.89 Å². The maximum absolute atomic E-state index is 13.5. The number of aromatic nitrogens is 2. The standard InChI is InChI=1S/C18H15FN2S/c1-18(2,22-19)14-8-5-7-13-12-6-3-4-9-15(12)21-11-10-20-17(21)16(13)14/h3-11H,1-2H3. The first-order valence-corrected chi connectivity index (χ1v) is 7.92. The molecule has 0 aliphatic rings. The van der Waals surface area contributed by atoms with E-state index in [1.165, 1.54) is 0 Å². The Morgan fingerprint density at radius 3 is 2.64 bits per heavy atom. The molecule has 0 N–H and O–H groups in total. The summed E-state index contributed by atoms with van der Waals surface area (Å²) >= 11 is 0.375. The number of imidazole rings is 1. The molecular formula is C18H15FN2S. The van der Waals surface area contributed by atoms with Crippen molar-refractivity contribution in [2.45, 2.75) is 18.6 Å². The summed E-state index contributed by atoms with van der Waals surface area (Å²) in [6, 6.07) is 14.3. The second-order valence-electron chi connectivity index (χ2n) is 5.95. The Morgan fingerprint density at radius 2 is 1.82 bits per heavy atom. The van der Waals surface area contributed by atoms with Crippen LogP contribution in [0.15, 0.2) is 54.9 Å². The maximum Gasteiger partial charge on any atom is 0.145 e. The van der Waals surface area contributed by atoms with E-state index >= 15 is 0 Å². The van der Waals surface area contributed by atoms with Gasteiger partial charge in [-0.1, -0.05) is 36.4 Å². The molecule has 0 amide bonds. The van der Waals surface area contributed by atoms with Gasteiger partial charge in [-0.25, -0.2) is 4.98 Å². The van der Waals surface area contributed by atoms with Crippen LogP contribution in [0.25, 0.3) is 27.3 Å². The Bertz CT molecular complexity index is 1000. The molecular weight excluding hydrogens is 295 g/mol. The van der Waals surface area contributed by atoms with Crippen molar-refractivity contribution in [2.24, 2.45) is 0 Å². The molecule has 2 aromatic heterocycles. The summed E-state index contributed by atoms with van der Waals surface area (Å²) in [6.45, 7) is 3.81.